The number of carboxylic acid groups (broad SMARTS) is 1. The van der Waals surface area contributed by atoms with Crippen molar-refractivity contribution in [2.24, 2.45) is 5.92 Å². The Bertz CT molecular complexity index is 495. The molecule has 0 saturated carbocycles. The lowest BCUT2D eigenvalue weighted by atomic mass is 9.88. The summed E-state index contributed by atoms with van der Waals surface area (Å²) in [6.07, 6.45) is 7.08. The first-order chi connectivity index (χ1) is 10.6. The maximum Gasteiger partial charge on any atom is 0.137 e. The minimum Gasteiger partial charge on any atom is -0.530 e. The largest absolute Gasteiger partial charge is 0.530 e. The molecule has 0 radical (unpaired) electrons. The molecular formula is C16H25N4O2-. The maximum absolute atomic E-state index is 11.2. The highest BCUT2D eigenvalue weighted by Crippen LogP contribution is 2.27. The predicted molar refractivity (Wildman–Crippen MR) is 85.3 cm³/mol. The molecular weight excluding hydrogens is 280 g/mol. The zero-order valence-electron chi connectivity index (χ0n) is 13.1. The van der Waals surface area contributed by atoms with E-state index in [0.29, 0.717) is 18.2 Å². The van der Waals surface area contributed by atoms with Gasteiger partial charge in [-0.3, -0.25) is 4.98 Å². The van der Waals surface area contributed by atoms with Crippen LogP contribution in [0.1, 0.15) is 39.0 Å². The van der Waals surface area contributed by atoms with E-state index < -0.39 is 6.09 Å². The molecule has 1 aromatic rings. The minimum absolute atomic E-state index is 0.0836. The first kappa shape index (κ1) is 16.4. The number of anilines is 2. The average Bonchev–Trinajstić information content (AvgIpc) is 2.52. The van der Waals surface area contributed by atoms with Crippen LogP contribution in [0.3, 0.4) is 0 Å². The van der Waals surface area contributed by atoms with Crippen molar-refractivity contribution in [1.82, 2.24) is 9.88 Å². The van der Waals surface area contributed by atoms with Gasteiger partial charge in [0.15, 0.2) is 0 Å². The topological polar surface area (TPSA) is 94.3 Å². The maximum atomic E-state index is 11.2. The van der Waals surface area contributed by atoms with Gasteiger partial charge in [-0.1, -0.05) is 19.8 Å². The monoisotopic (exact) mass is 305 g/mol. The minimum atomic E-state index is -1.04. The number of nitrogens with two attached hydrogens (primary N) is 1. The molecule has 6 nitrogen and oxygen atoms in total. The Balaban J connectivity index is 1.90. The van der Waals surface area contributed by atoms with Gasteiger partial charge in [-0.15, -0.1) is 0 Å². The van der Waals surface area contributed by atoms with Gasteiger partial charge in [-0.05, 0) is 31.2 Å². The van der Waals surface area contributed by atoms with Gasteiger partial charge in [0.05, 0.1) is 17.6 Å². The molecule has 6 heteroatoms. The summed E-state index contributed by atoms with van der Waals surface area (Å²) in [5.41, 5.74) is 7.40. The molecule has 122 valence electrons. The lowest BCUT2D eigenvalue weighted by Gasteiger charge is -2.41. The van der Waals surface area contributed by atoms with Crippen LogP contribution in [0.25, 0.3) is 0 Å². The number of nitrogen functional groups attached to an aromatic ring is 1. The molecule has 2 atom stereocenters. The Kier molecular flexibility index (Phi) is 5.86. The molecule has 2 heterocycles. The molecule has 1 saturated heterocycles. The highest BCUT2D eigenvalue weighted by Gasteiger charge is 2.27. The molecule has 1 aliphatic heterocycles. The summed E-state index contributed by atoms with van der Waals surface area (Å²) in [7, 11) is 0. The summed E-state index contributed by atoms with van der Waals surface area (Å²) in [5, 5.41) is 14.6. The summed E-state index contributed by atoms with van der Waals surface area (Å²) in [6.45, 7) is 3.49. The Morgan fingerprint density at radius 2 is 2.41 bits per heavy atom. The van der Waals surface area contributed by atoms with E-state index >= 15 is 0 Å². The summed E-state index contributed by atoms with van der Waals surface area (Å²) < 4.78 is 0. The summed E-state index contributed by atoms with van der Waals surface area (Å²) in [5.74, 6) is 0.449. The van der Waals surface area contributed by atoms with E-state index in [-0.39, 0.29) is 6.04 Å². The van der Waals surface area contributed by atoms with Crippen LogP contribution in [0.4, 0.5) is 16.2 Å². The van der Waals surface area contributed by atoms with E-state index in [9.17, 15) is 9.90 Å². The molecule has 0 aliphatic carbocycles. The van der Waals surface area contributed by atoms with E-state index in [4.69, 9.17) is 5.73 Å². The molecule has 3 N–H and O–H groups in total. The number of pyridine rings is 1. The molecule has 1 amide bonds. The number of nitrogens with one attached hydrogen (secondary N) is 1. The number of piperidine rings is 1. The third kappa shape index (κ3) is 4.26. The zero-order chi connectivity index (χ0) is 15.9. The first-order valence-corrected chi connectivity index (χ1v) is 8.02. The number of rotatable bonds is 6. The van der Waals surface area contributed by atoms with Gasteiger partial charge < -0.3 is 25.9 Å². The SMILES string of the molecule is CCCCC1CC(CNc2ccncc2N)CCN1C(=O)[O-]. The molecule has 1 aliphatic rings. The fraction of sp³-hybridized carbons (Fsp3) is 0.625. The van der Waals surface area contributed by atoms with Gasteiger partial charge >= 0.3 is 0 Å². The van der Waals surface area contributed by atoms with E-state index in [1.165, 1.54) is 4.90 Å². The van der Waals surface area contributed by atoms with Crippen LogP contribution in [0.2, 0.25) is 0 Å². The Morgan fingerprint density at radius 1 is 1.59 bits per heavy atom. The van der Waals surface area contributed by atoms with Crippen molar-refractivity contribution in [1.29, 1.82) is 0 Å². The van der Waals surface area contributed by atoms with Gasteiger partial charge in [0.1, 0.15) is 6.09 Å². The number of hydrogen-bond acceptors (Lipinski definition) is 5. The number of nitrogens with zero attached hydrogens (tertiary/aromatic N) is 2. The summed E-state index contributed by atoms with van der Waals surface area (Å²) in [4.78, 5) is 16.7. The smallest absolute Gasteiger partial charge is 0.137 e. The molecule has 2 unspecified atom stereocenters. The normalized spacial score (nSPS) is 21.6. The van der Waals surface area contributed by atoms with Crippen LogP contribution in [-0.2, 0) is 0 Å². The molecule has 22 heavy (non-hydrogen) atoms. The highest BCUT2D eigenvalue weighted by atomic mass is 16.4. The summed E-state index contributed by atoms with van der Waals surface area (Å²) >= 11 is 0. The number of carbonyl (C=O) groups is 1. The fourth-order valence-electron chi connectivity index (χ4n) is 3.10. The van der Waals surface area contributed by atoms with E-state index in [2.05, 4.69) is 17.2 Å². The number of amides is 1. The van der Waals surface area contributed by atoms with Crippen molar-refractivity contribution >= 4 is 17.5 Å². The lowest BCUT2D eigenvalue weighted by molar-refractivity contribution is -0.269. The Hall–Kier alpha value is -1.98. The molecule has 1 fully saturated rings. The zero-order valence-corrected chi connectivity index (χ0v) is 13.1. The number of unbranched alkanes of at least 4 members (excludes halogenated alkanes) is 1. The first-order valence-electron chi connectivity index (χ1n) is 8.02. The van der Waals surface area contributed by atoms with Crippen molar-refractivity contribution in [2.45, 2.75) is 45.1 Å². The number of carbonyl (C=O) groups excluding carboxylic acids is 1. The van der Waals surface area contributed by atoms with Gasteiger partial charge in [-0.25, -0.2) is 0 Å². The standard InChI is InChI=1S/C16H26N4O2/c1-2-3-4-13-9-12(6-8-20(13)16(21)22)10-19-15-5-7-18-11-14(15)17/h5,7,11-13H,2-4,6,8-10,17H2,1H3,(H,18,19)(H,21,22)/p-1. The van der Waals surface area contributed by atoms with Crippen LogP contribution in [0.5, 0.6) is 0 Å². The molecule has 1 aromatic heterocycles. The third-order valence-corrected chi connectivity index (χ3v) is 4.38. The van der Waals surface area contributed by atoms with Crippen LogP contribution < -0.4 is 16.2 Å². The Labute approximate surface area is 131 Å². The summed E-state index contributed by atoms with van der Waals surface area (Å²) in [6, 6.07) is 1.94. The van der Waals surface area contributed by atoms with Gasteiger partial charge in [0.25, 0.3) is 0 Å². The molecule has 0 spiro atoms. The second-order valence-corrected chi connectivity index (χ2v) is 5.99. The third-order valence-electron chi connectivity index (χ3n) is 4.38. The average molecular weight is 305 g/mol. The fourth-order valence-corrected chi connectivity index (χ4v) is 3.10. The number of aromatic nitrogens is 1. The molecule has 0 bridgehead atoms. The van der Waals surface area contributed by atoms with Crippen LogP contribution >= 0.6 is 0 Å². The van der Waals surface area contributed by atoms with Crippen molar-refractivity contribution in [2.75, 3.05) is 24.1 Å². The van der Waals surface area contributed by atoms with E-state index in [1.807, 2.05) is 6.07 Å². The van der Waals surface area contributed by atoms with Crippen molar-refractivity contribution in [3.8, 4) is 0 Å². The second kappa shape index (κ2) is 7.87. The van der Waals surface area contributed by atoms with Gasteiger partial charge in [-0.2, -0.15) is 0 Å². The predicted octanol–water partition coefficient (Wildman–Crippen LogP) is 1.69. The second-order valence-electron chi connectivity index (χ2n) is 5.99. The molecule has 0 aromatic carbocycles. The van der Waals surface area contributed by atoms with Gasteiger partial charge in [0, 0.05) is 25.3 Å². The highest BCUT2D eigenvalue weighted by molar-refractivity contribution is 5.64. The molecule has 2 rings (SSSR count). The van der Waals surface area contributed by atoms with Gasteiger partial charge in [0.2, 0.25) is 0 Å². The van der Waals surface area contributed by atoms with Crippen LogP contribution in [-0.4, -0.2) is 35.1 Å². The number of hydrogen-bond donors (Lipinski definition) is 2. The van der Waals surface area contributed by atoms with Crippen LogP contribution in [0.15, 0.2) is 18.5 Å². The van der Waals surface area contributed by atoms with Crippen molar-refractivity contribution in [3.05, 3.63) is 18.5 Å². The van der Waals surface area contributed by atoms with E-state index in [0.717, 1.165) is 44.3 Å². The Morgan fingerprint density at radius 3 is 3.09 bits per heavy atom. The lowest BCUT2D eigenvalue weighted by Crippen LogP contribution is -2.52. The number of likely N-dealkylation sites (tertiary alicyclic amines) is 1. The quantitative estimate of drug-likeness (QED) is 0.834. The van der Waals surface area contributed by atoms with Crippen molar-refractivity contribution < 1.29 is 9.90 Å². The van der Waals surface area contributed by atoms with Crippen molar-refractivity contribution in [3.63, 3.8) is 0 Å². The van der Waals surface area contributed by atoms with E-state index in [1.54, 1.807) is 12.4 Å². The van der Waals surface area contributed by atoms with Crippen LogP contribution in [0, 0.1) is 5.92 Å².